The van der Waals surface area contributed by atoms with Crippen molar-refractivity contribution >= 4 is 40.5 Å². The maximum atomic E-state index is 11.2. The average molecular weight is 296 g/mol. The minimum atomic E-state index is -0.996. The van der Waals surface area contributed by atoms with Crippen LogP contribution in [0, 0.1) is 6.92 Å². The van der Waals surface area contributed by atoms with Gasteiger partial charge in [0.15, 0.2) is 0 Å². The summed E-state index contributed by atoms with van der Waals surface area (Å²) >= 11 is 12.0. The second-order valence-corrected chi connectivity index (χ2v) is 4.87. The molecule has 0 spiro atoms. The van der Waals surface area contributed by atoms with Gasteiger partial charge in [0.25, 0.3) is 0 Å². The van der Waals surface area contributed by atoms with Crippen molar-refractivity contribution in [3.63, 3.8) is 0 Å². The monoisotopic (exact) mass is 295 g/mol. The summed E-state index contributed by atoms with van der Waals surface area (Å²) in [4.78, 5) is 11.2. The number of benzene rings is 2. The van der Waals surface area contributed by atoms with E-state index in [9.17, 15) is 9.90 Å². The second-order valence-electron chi connectivity index (χ2n) is 4.08. The molecule has 0 aliphatic carbocycles. The molecular formula is C14H11Cl2NO2. The van der Waals surface area contributed by atoms with Gasteiger partial charge in [0.05, 0.1) is 27.0 Å². The first-order valence-electron chi connectivity index (χ1n) is 5.54. The highest BCUT2D eigenvalue weighted by Gasteiger charge is 2.12. The first-order valence-corrected chi connectivity index (χ1v) is 6.29. The molecule has 2 aromatic rings. The summed E-state index contributed by atoms with van der Waals surface area (Å²) in [5.41, 5.74) is 2.11. The SMILES string of the molecule is Cc1ccc(Nc2cccc(Cl)c2Cl)c(C(=O)O)c1. The molecule has 0 unspecified atom stereocenters. The average Bonchev–Trinajstić information content (AvgIpc) is 2.36. The fourth-order valence-corrected chi connectivity index (χ4v) is 2.04. The highest BCUT2D eigenvalue weighted by molar-refractivity contribution is 6.43. The lowest BCUT2D eigenvalue weighted by Gasteiger charge is -2.12. The lowest BCUT2D eigenvalue weighted by molar-refractivity contribution is 0.0698. The van der Waals surface area contributed by atoms with Crippen molar-refractivity contribution < 1.29 is 9.90 Å². The summed E-state index contributed by atoms with van der Waals surface area (Å²) in [6.07, 6.45) is 0. The van der Waals surface area contributed by atoms with Gasteiger partial charge in [0, 0.05) is 0 Å². The third-order valence-electron chi connectivity index (χ3n) is 2.63. The van der Waals surface area contributed by atoms with E-state index in [-0.39, 0.29) is 5.56 Å². The van der Waals surface area contributed by atoms with Gasteiger partial charge in [-0.15, -0.1) is 0 Å². The standard InChI is InChI=1S/C14H11Cl2NO2/c1-8-5-6-11(9(7-8)14(18)19)17-12-4-2-3-10(15)13(12)16/h2-7,17H,1H3,(H,18,19). The van der Waals surface area contributed by atoms with Crippen molar-refractivity contribution in [2.45, 2.75) is 6.92 Å². The van der Waals surface area contributed by atoms with Crippen molar-refractivity contribution in [2.75, 3.05) is 5.32 Å². The van der Waals surface area contributed by atoms with Crippen LogP contribution in [0.2, 0.25) is 10.0 Å². The third kappa shape index (κ3) is 3.00. The van der Waals surface area contributed by atoms with Gasteiger partial charge >= 0.3 is 5.97 Å². The molecule has 0 bridgehead atoms. The molecular weight excluding hydrogens is 285 g/mol. The Balaban J connectivity index is 2.44. The first-order chi connectivity index (χ1) is 8.99. The van der Waals surface area contributed by atoms with E-state index in [0.29, 0.717) is 21.4 Å². The fraction of sp³-hybridized carbons (Fsp3) is 0.0714. The van der Waals surface area contributed by atoms with Crippen LogP contribution < -0.4 is 5.32 Å². The van der Waals surface area contributed by atoms with Gasteiger partial charge in [0.2, 0.25) is 0 Å². The molecule has 2 N–H and O–H groups in total. The Kier molecular flexibility index (Phi) is 3.98. The quantitative estimate of drug-likeness (QED) is 0.859. The molecule has 0 amide bonds. The van der Waals surface area contributed by atoms with E-state index in [1.54, 1.807) is 30.3 Å². The molecule has 2 aromatic carbocycles. The summed E-state index contributed by atoms with van der Waals surface area (Å²) in [6, 6.07) is 10.3. The minimum absolute atomic E-state index is 0.191. The molecule has 19 heavy (non-hydrogen) atoms. The summed E-state index contributed by atoms with van der Waals surface area (Å²) in [7, 11) is 0. The third-order valence-corrected chi connectivity index (χ3v) is 3.45. The van der Waals surface area contributed by atoms with Crippen LogP contribution >= 0.6 is 23.2 Å². The highest BCUT2D eigenvalue weighted by atomic mass is 35.5. The molecule has 0 saturated heterocycles. The zero-order valence-corrected chi connectivity index (χ0v) is 11.6. The number of carboxylic acid groups (broad SMARTS) is 1. The van der Waals surface area contributed by atoms with Gasteiger partial charge in [-0.25, -0.2) is 4.79 Å². The topological polar surface area (TPSA) is 49.3 Å². The maximum Gasteiger partial charge on any atom is 0.337 e. The summed E-state index contributed by atoms with van der Waals surface area (Å²) in [5.74, 6) is -0.996. The summed E-state index contributed by atoms with van der Waals surface area (Å²) < 4.78 is 0. The number of anilines is 2. The number of halogens is 2. The van der Waals surface area contributed by atoms with Crippen molar-refractivity contribution in [3.8, 4) is 0 Å². The molecule has 0 heterocycles. The van der Waals surface area contributed by atoms with Gasteiger partial charge in [-0.05, 0) is 31.2 Å². The normalized spacial score (nSPS) is 10.3. The van der Waals surface area contributed by atoms with Crippen LogP contribution in [-0.4, -0.2) is 11.1 Å². The molecule has 0 saturated carbocycles. The fourth-order valence-electron chi connectivity index (χ4n) is 1.69. The van der Waals surface area contributed by atoms with E-state index >= 15 is 0 Å². The Morgan fingerprint density at radius 3 is 2.58 bits per heavy atom. The second kappa shape index (κ2) is 5.51. The number of carboxylic acids is 1. The summed E-state index contributed by atoms with van der Waals surface area (Å²) in [5, 5.41) is 13.0. The van der Waals surface area contributed by atoms with Crippen LogP contribution in [0.3, 0.4) is 0 Å². The number of hydrogen-bond acceptors (Lipinski definition) is 2. The van der Waals surface area contributed by atoms with E-state index in [2.05, 4.69) is 5.32 Å². The van der Waals surface area contributed by atoms with Crippen LogP contribution in [-0.2, 0) is 0 Å². The van der Waals surface area contributed by atoms with Crippen LogP contribution in [0.4, 0.5) is 11.4 Å². The maximum absolute atomic E-state index is 11.2. The number of rotatable bonds is 3. The Hall–Kier alpha value is -1.71. The zero-order chi connectivity index (χ0) is 14.0. The Bertz CT molecular complexity index is 641. The number of aryl methyl sites for hydroxylation is 1. The first kappa shape index (κ1) is 13.7. The summed E-state index contributed by atoms with van der Waals surface area (Å²) in [6.45, 7) is 1.84. The largest absolute Gasteiger partial charge is 0.478 e. The Morgan fingerprint density at radius 1 is 1.16 bits per heavy atom. The minimum Gasteiger partial charge on any atom is -0.478 e. The smallest absolute Gasteiger partial charge is 0.337 e. The number of hydrogen-bond donors (Lipinski definition) is 2. The lowest BCUT2D eigenvalue weighted by atomic mass is 10.1. The molecule has 0 radical (unpaired) electrons. The molecule has 0 aromatic heterocycles. The molecule has 0 atom stereocenters. The van der Waals surface area contributed by atoms with Crippen molar-refractivity contribution in [2.24, 2.45) is 0 Å². The molecule has 0 aliphatic heterocycles. The Labute approximate surface area is 120 Å². The zero-order valence-electron chi connectivity index (χ0n) is 10.1. The molecule has 0 aliphatic rings. The number of carbonyl (C=O) groups is 1. The van der Waals surface area contributed by atoms with Crippen molar-refractivity contribution in [3.05, 3.63) is 57.6 Å². The van der Waals surface area contributed by atoms with E-state index in [1.807, 2.05) is 13.0 Å². The van der Waals surface area contributed by atoms with Crippen molar-refractivity contribution in [1.82, 2.24) is 0 Å². The van der Waals surface area contributed by atoms with E-state index in [4.69, 9.17) is 23.2 Å². The van der Waals surface area contributed by atoms with Gasteiger partial charge in [0.1, 0.15) is 0 Å². The highest BCUT2D eigenvalue weighted by Crippen LogP contribution is 2.32. The molecule has 0 fully saturated rings. The van der Waals surface area contributed by atoms with E-state index < -0.39 is 5.97 Å². The van der Waals surface area contributed by atoms with Crippen LogP contribution in [0.15, 0.2) is 36.4 Å². The molecule has 3 nitrogen and oxygen atoms in total. The van der Waals surface area contributed by atoms with Gasteiger partial charge in [-0.1, -0.05) is 40.9 Å². The van der Waals surface area contributed by atoms with E-state index in [1.165, 1.54) is 0 Å². The van der Waals surface area contributed by atoms with Crippen LogP contribution in [0.1, 0.15) is 15.9 Å². The molecule has 2 rings (SSSR count). The van der Waals surface area contributed by atoms with Gasteiger partial charge in [-0.3, -0.25) is 0 Å². The Morgan fingerprint density at radius 2 is 1.89 bits per heavy atom. The van der Waals surface area contributed by atoms with Crippen LogP contribution in [0.25, 0.3) is 0 Å². The van der Waals surface area contributed by atoms with Crippen molar-refractivity contribution in [1.29, 1.82) is 0 Å². The molecule has 98 valence electrons. The van der Waals surface area contributed by atoms with Crippen LogP contribution in [0.5, 0.6) is 0 Å². The van der Waals surface area contributed by atoms with Gasteiger partial charge < -0.3 is 10.4 Å². The number of nitrogens with one attached hydrogen (secondary N) is 1. The lowest BCUT2D eigenvalue weighted by Crippen LogP contribution is -2.03. The predicted octanol–water partition coefficient (Wildman–Crippen LogP) is 4.74. The van der Waals surface area contributed by atoms with Gasteiger partial charge in [-0.2, -0.15) is 0 Å². The molecule has 5 heteroatoms. The number of aromatic carboxylic acids is 1. The predicted molar refractivity (Wildman–Crippen MR) is 77.9 cm³/mol. The van der Waals surface area contributed by atoms with E-state index in [0.717, 1.165) is 5.56 Å².